The standard InChI is InChI=1S/C13H23NO2S/c1-2-3-4-6-10-7-5-8-13(10)14-11(9-17-13)12(15)16/h10-11,14H,2-9H2,1H3,(H,15,16). The van der Waals surface area contributed by atoms with Crippen molar-refractivity contribution >= 4 is 17.7 Å². The molecular formula is C13H23NO2S. The monoisotopic (exact) mass is 257 g/mol. The fourth-order valence-corrected chi connectivity index (χ4v) is 4.87. The minimum Gasteiger partial charge on any atom is -0.480 e. The topological polar surface area (TPSA) is 49.3 Å². The number of carboxylic acids is 1. The van der Waals surface area contributed by atoms with Gasteiger partial charge >= 0.3 is 5.97 Å². The largest absolute Gasteiger partial charge is 0.480 e. The molecule has 0 radical (unpaired) electrons. The molecule has 0 aromatic heterocycles. The number of aliphatic carboxylic acids is 1. The summed E-state index contributed by atoms with van der Waals surface area (Å²) in [6.07, 6.45) is 8.80. The molecule has 1 aliphatic heterocycles. The van der Waals surface area contributed by atoms with Crippen molar-refractivity contribution in [3.05, 3.63) is 0 Å². The van der Waals surface area contributed by atoms with Gasteiger partial charge in [-0.05, 0) is 25.2 Å². The van der Waals surface area contributed by atoms with Crippen LogP contribution in [-0.4, -0.2) is 27.7 Å². The number of thioether (sulfide) groups is 1. The van der Waals surface area contributed by atoms with E-state index in [2.05, 4.69) is 12.2 Å². The smallest absolute Gasteiger partial charge is 0.321 e. The van der Waals surface area contributed by atoms with Crippen molar-refractivity contribution in [2.24, 2.45) is 5.92 Å². The molecule has 0 aromatic carbocycles. The zero-order valence-electron chi connectivity index (χ0n) is 10.6. The van der Waals surface area contributed by atoms with Gasteiger partial charge in [0.05, 0.1) is 4.87 Å². The van der Waals surface area contributed by atoms with Crippen LogP contribution in [-0.2, 0) is 4.79 Å². The second-order valence-electron chi connectivity index (χ2n) is 5.32. The van der Waals surface area contributed by atoms with Gasteiger partial charge in [0.1, 0.15) is 6.04 Å². The van der Waals surface area contributed by atoms with Crippen molar-refractivity contribution in [2.45, 2.75) is 62.8 Å². The van der Waals surface area contributed by atoms with Crippen molar-refractivity contribution in [3.8, 4) is 0 Å². The molecule has 2 rings (SSSR count). The van der Waals surface area contributed by atoms with Crippen molar-refractivity contribution in [1.29, 1.82) is 0 Å². The first-order valence-corrected chi connectivity index (χ1v) is 7.81. The van der Waals surface area contributed by atoms with Crippen LogP contribution in [0, 0.1) is 5.92 Å². The average Bonchev–Trinajstić information content (AvgIpc) is 2.89. The van der Waals surface area contributed by atoms with E-state index in [1.165, 1.54) is 38.5 Å². The molecule has 3 atom stereocenters. The second-order valence-corrected chi connectivity index (χ2v) is 6.67. The molecule has 0 aromatic rings. The summed E-state index contributed by atoms with van der Waals surface area (Å²) in [4.78, 5) is 11.1. The van der Waals surface area contributed by atoms with Crippen LogP contribution in [0.3, 0.4) is 0 Å². The van der Waals surface area contributed by atoms with E-state index in [0.29, 0.717) is 5.92 Å². The summed E-state index contributed by atoms with van der Waals surface area (Å²) >= 11 is 1.86. The first-order chi connectivity index (χ1) is 8.18. The van der Waals surface area contributed by atoms with Crippen molar-refractivity contribution < 1.29 is 9.90 Å². The third-order valence-electron chi connectivity index (χ3n) is 4.14. The Morgan fingerprint density at radius 1 is 1.53 bits per heavy atom. The highest BCUT2D eigenvalue weighted by molar-refractivity contribution is 8.01. The van der Waals surface area contributed by atoms with Gasteiger partial charge in [0.15, 0.2) is 0 Å². The van der Waals surface area contributed by atoms with Crippen molar-refractivity contribution in [3.63, 3.8) is 0 Å². The van der Waals surface area contributed by atoms with Crippen molar-refractivity contribution in [1.82, 2.24) is 5.32 Å². The van der Waals surface area contributed by atoms with E-state index >= 15 is 0 Å². The first-order valence-electron chi connectivity index (χ1n) is 6.82. The molecule has 17 heavy (non-hydrogen) atoms. The Balaban J connectivity index is 1.92. The Bertz CT molecular complexity index is 285. The van der Waals surface area contributed by atoms with Gasteiger partial charge in [-0.1, -0.05) is 32.6 Å². The number of nitrogens with one attached hydrogen (secondary N) is 1. The number of hydrogen-bond donors (Lipinski definition) is 2. The Kier molecular flexibility index (Phi) is 4.36. The van der Waals surface area contributed by atoms with Gasteiger partial charge in [0, 0.05) is 5.75 Å². The van der Waals surface area contributed by atoms with Crippen LogP contribution in [0.1, 0.15) is 51.9 Å². The number of hydrogen-bond acceptors (Lipinski definition) is 3. The zero-order valence-corrected chi connectivity index (χ0v) is 11.4. The molecule has 2 N–H and O–H groups in total. The lowest BCUT2D eigenvalue weighted by Crippen LogP contribution is -2.47. The number of unbranched alkanes of at least 4 members (excludes halogenated alkanes) is 2. The van der Waals surface area contributed by atoms with E-state index in [4.69, 9.17) is 5.11 Å². The lowest BCUT2D eigenvalue weighted by Gasteiger charge is -2.31. The van der Waals surface area contributed by atoms with E-state index in [1.54, 1.807) is 0 Å². The van der Waals surface area contributed by atoms with Gasteiger partial charge < -0.3 is 5.11 Å². The molecule has 0 amide bonds. The Morgan fingerprint density at radius 3 is 3.00 bits per heavy atom. The van der Waals surface area contributed by atoms with Gasteiger partial charge in [-0.15, -0.1) is 11.8 Å². The summed E-state index contributed by atoms with van der Waals surface area (Å²) < 4.78 is 0. The molecule has 1 saturated carbocycles. The SMILES string of the molecule is CCCCCC1CCCC12NC(C(=O)O)CS2. The molecule has 3 nitrogen and oxygen atoms in total. The van der Waals surface area contributed by atoms with Crippen LogP contribution in [0.2, 0.25) is 0 Å². The molecule has 0 bridgehead atoms. The second kappa shape index (κ2) is 5.61. The van der Waals surface area contributed by atoms with Crippen molar-refractivity contribution in [2.75, 3.05) is 5.75 Å². The normalized spacial score (nSPS) is 36.8. The van der Waals surface area contributed by atoms with Crippen LogP contribution in [0.5, 0.6) is 0 Å². The Labute approximate surface area is 108 Å². The molecule has 1 saturated heterocycles. The van der Waals surface area contributed by atoms with Crippen LogP contribution in [0.15, 0.2) is 0 Å². The minimum atomic E-state index is -0.686. The summed E-state index contributed by atoms with van der Waals surface area (Å²) in [5, 5.41) is 12.5. The number of rotatable bonds is 5. The molecule has 1 heterocycles. The van der Waals surface area contributed by atoms with Crippen LogP contribution in [0.4, 0.5) is 0 Å². The Morgan fingerprint density at radius 2 is 2.35 bits per heavy atom. The molecule has 1 aliphatic carbocycles. The molecule has 3 unspecified atom stereocenters. The van der Waals surface area contributed by atoms with Crippen LogP contribution >= 0.6 is 11.8 Å². The minimum absolute atomic E-state index is 0.0940. The quantitative estimate of drug-likeness (QED) is 0.744. The average molecular weight is 257 g/mol. The molecule has 98 valence electrons. The third-order valence-corrected chi connectivity index (χ3v) is 5.81. The molecule has 2 aliphatic rings. The van der Waals surface area contributed by atoms with E-state index in [0.717, 1.165) is 12.2 Å². The van der Waals surface area contributed by atoms with Gasteiger partial charge in [0.25, 0.3) is 0 Å². The maximum Gasteiger partial charge on any atom is 0.321 e. The van der Waals surface area contributed by atoms with Crippen LogP contribution in [0.25, 0.3) is 0 Å². The van der Waals surface area contributed by atoms with E-state index in [1.807, 2.05) is 11.8 Å². The fraction of sp³-hybridized carbons (Fsp3) is 0.923. The maximum atomic E-state index is 11.0. The first kappa shape index (κ1) is 13.2. The van der Waals surface area contributed by atoms with Crippen LogP contribution < -0.4 is 5.32 Å². The lowest BCUT2D eigenvalue weighted by molar-refractivity contribution is -0.139. The van der Waals surface area contributed by atoms with Gasteiger partial charge in [-0.3, -0.25) is 10.1 Å². The lowest BCUT2D eigenvalue weighted by atomic mass is 9.95. The predicted octanol–water partition coefficient (Wildman–Crippen LogP) is 2.85. The van der Waals surface area contributed by atoms with Gasteiger partial charge in [0.2, 0.25) is 0 Å². The highest BCUT2D eigenvalue weighted by Gasteiger charge is 2.49. The number of carboxylic acid groups (broad SMARTS) is 1. The summed E-state index contributed by atoms with van der Waals surface area (Å²) in [6, 6.07) is -0.327. The molecule has 1 spiro atoms. The Hall–Kier alpha value is -0.220. The highest BCUT2D eigenvalue weighted by atomic mass is 32.2. The highest BCUT2D eigenvalue weighted by Crippen LogP contribution is 2.49. The summed E-state index contributed by atoms with van der Waals surface area (Å²) in [5.74, 6) is 0.733. The summed E-state index contributed by atoms with van der Waals surface area (Å²) in [5.41, 5.74) is 0. The third kappa shape index (κ3) is 2.79. The molecular weight excluding hydrogens is 234 g/mol. The fourth-order valence-electron chi connectivity index (χ4n) is 3.19. The molecule has 4 heteroatoms. The van der Waals surface area contributed by atoms with Gasteiger partial charge in [-0.25, -0.2) is 0 Å². The van der Waals surface area contributed by atoms with Gasteiger partial charge in [-0.2, -0.15) is 0 Å². The van der Waals surface area contributed by atoms with E-state index in [9.17, 15) is 4.79 Å². The van der Waals surface area contributed by atoms with E-state index < -0.39 is 5.97 Å². The maximum absolute atomic E-state index is 11.0. The summed E-state index contributed by atoms with van der Waals surface area (Å²) in [7, 11) is 0. The summed E-state index contributed by atoms with van der Waals surface area (Å²) in [6.45, 7) is 2.23. The number of carbonyl (C=O) groups is 1. The predicted molar refractivity (Wildman–Crippen MR) is 71.2 cm³/mol. The zero-order chi connectivity index (χ0) is 12.3. The molecule has 2 fully saturated rings. The van der Waals surface area contributed by atoms with E-state index in [-0.39, 0.29) is 10.9 Å².